The summed E-state index contributed by atoms with van der Waals surface area (Å²) >= 11 is 0. The Morgan fingerprint density at radius 3 is 2.48 bits per heavy atom. The second-order valence-electron chi connectivity index (χ2n) is 6.10. The van der Waals surface area contributed by atoms with Crippen LogP contribution < -0.4 is 5.32 Å². The molecule has 4 aromatic rings. The predicted molar refractivity (Wildman–Crippen MR) is 99.7 cm³/mol. The summed E-state index contributed by atoms with van der Waals surface area (Å²) in [5.41, 5.74) is 1.74. The van der Waals surface area contributed by atoms with Gasteiger partial charge in [0, 0.05) is 17.4 Å². The summed E-state index contributed by atoms with van der Waals surface area (Å²) in [5.74, 6) is -0.234. The third kappa shape index (κ3) is 4.08. The van der Waals surface area contributed by atoms with E-state index in [9.17, 15) is 17.6 Å². The third-order valence-corrected chi connectivity index (χ3v) is 4.11. The van der Waals surface area contributed by atoms with Gasteiger partial charge in [-0.25, -0.2) is 19.3 Å². The highest BCUT2D eigenvalue weighted by Gasteiger charge is 2.30. The number of anilines is 2. The van der Waals surface area contributed by atoms with E-state index >= 15 is 0 Å². The van der Waals surface area contributed by atoms with Crippen molar-refractivity contribution in [1.82, 2.24) is 19.9 Å². The first-order chi connectivity index (χ1) is 13.9. The smallest absolute Gasteiger partial charge is 0.343 e. The fraction of sp³-hybridized carbons (Fsp3) is 0.0500. The molecule has 0 atom stereocenters. The summed E-state index contributed by atoms with van der Waals surface area (Å²) in [7, 11) is 0. The molecule has 0 amide bonds. The van der Waals surface area contributed by atoms with Crippen LogP contribution in [0.15, 0.2) is 67.1 Å². The molecule has 0 saturated carbocycles. The maximum atomic E-state index is 13.2. The van der Waals surface area contributed by atoms with Gasteiger partial charge in [-0.1, -0.05) is 6.07 Å². The number of H-pyrrole nitrogens is 1. The molecular weight excluding hydrogens is 386 g/mol. The second kappa shape index (κ2) is 7.34. The first kappa shape index (κ1) is 18.6. The van der Waals surface area contributed by atoms with Crippen molar-refractivity contribution in [1.29, 1.82) is 0 Å². The highest BCUT2D eigenvalue weighted by Crippen LogP contribution is 2.32. The molecule has 29 heavy (non-hydrogen) atoms. The average molecular weight is 399 g/mol. The molecule has 0 aliphatic rings. The minimum Gasteiger partial charge on any atom is -0.343 e. The molecular formula is C20H13F4N5. The van der Waals surface area contributed by atoms with E-state index in [1.807, 2.05) is 0 Å². The number of hydrogen-bond donors (Lipinski definition) is 2. The molecule has 0 aliphatic carbocycles. The molecule has 2 aromatic heterocycles. The fourth-order valence-corrected chi connectivity index (χ4v) is 2.78. The van der Waals surface area contributed by atoms with Crippen molar-refractivity contribution in [3.8, 4) is 22.6 Å². The molecule has 2 heterocycles. The second-order valence-corrected chi connectivity index (χ2v) is 6.10. The van der Waals surface area contributed by atoms with Crippen LogP contribution in [0.3, 0.4) is 0 Å². The molecule has 0 fully saturated rings. The lowest BCUT2D eigenvalue weighted by Crippen LogP contribution is -2.05. The molecule has 146 valence electrons. The summed E-state index contributed by atoms with van der Waals surface area (Å²) in [6, 6.07) is 12.2. The number of imidazole rings is 1. The Kier molecular flexibility index (Phi) is 4.71. The Morgan fingerprint density at radius 1 is 0.931 bits per heavy atom. The van der Waals surface area contributed by atoms with Crippen molar-refractivity contribution in [2.45, 2.75) is 6.18 Å². The third-order valence-electron chi connectivity index (χ3n) is 4.11. The average Bonchev–Trinajstić information content (AvgIpc) is 3.18. The summed E-state index contributed by atoms with van der Waals surface area (Å²) in [6.45, 7) is 0. The van der Waals surface area contributed by atoms with Crippen molar-refractivity contribution in [3.05, 3.63) is 78.5 Å². The van der Waals surface area contributed by atoms with E-state index in [2.05, 4.69) is 25.3 Å². The van der Waals surface area contributed by atoms with E-state index in [4.69, 9.17) is 0 Å². The maximum Gasteiger partial charge on any atom is 0.416 e. The molecule has 2 aromatic carbocycles. The van der Waals surface area contributed by atoms with Crippen LogP contribution >= 0.6 is 0 Å². The minimum atomic E-state index is -4.44. The number of rotatable bonds is 4. The normalized spacial score (nSPS) is 11.4. The van der Waals surface area contributed by atoms with Crippen LogP contribution in [0.25, 0.3) is 22.6 Å². The summed E-state index contributed by atoms with van der Waals surface area (Å²) in [4.78, 5) is 15.7. The van der Waals surface area contributed by atoms with Crippen LogP contribution in [0.2, 0.25) is 0 Å². The molecule has 9 heteroatoms. The van der Waals surface area contributed by atoms with Crippen LogP contribution in [-0.4, -0.2) is 19.9 Å². The van der Waals surface area contributed by atoms with Gasteiger partial charge in [0.15, 0.2) is 0 Å². The van der Waals surface area contributed by atoms with E-state index in [0.29, 0.717) is 22.6 Å². The highest BCUT2D eigenvalue weighted by molar-refractivity contribution is 5.76. The molecule has 0 radical (unpaired) electrons. The summed E-state index contributed by atoms with van der Waals surface area (Å²) < 4.78 is 51.9. The fourth-order valence-electron chi connectivity index (χ4n) is 2.78. The molecule has 0 bridgehead atoms. The first-order valence-corrected chi connectivity index (χ1v) is 8.47. The number of hydrogen-bond acceptors (Lipinski definition) is 4. The molecule has 4 rings (SSSR count). The molecule has 0 spiro atoms. The zero-order valence-corrected chi connectivity index (χ0v) is 14.7. The lowest BCUT2D eigenvalue weighted by Gasteiger charge is -2.10. The Balaban J connectivity index is 1.64. The lowest BCUT2D eigenvalue weighted by molar-refractivity contribution is -0.137. The highest BCUT2D eigenvalue weighted by atomic mass is 19.4. The van der Waals surface area contributed by atoms with Crippen LogP contribution in [0.5, 0.6) is 0 Å². The van der Waals surface area contributed by atoms with Crippen molar-refractivity contribution in [2.24, 2.45) is 0 Å². The van der Waals surface area contributed by atoms with Crippen LogP contribution in [0.1, 0.15) is 5.56 Å². The van der Waals surface area contributed by atoms with Gasteiger partial charge in [0.05, 0.1) is 29.0 Å². The largest absolute Gasteiger partial charge is 0.416 e. The van der Waals surface area contributed by atoms with E-state index in [1.165, 1.54) is 36.8 Å². The summed E-state index contributed by atoms with van der Waals surface area (Å²) in [5, 5.41) is 2.78. The number of nitrogens with one attached hydrogen (secondary N) is 2. The van der Waals surface area contributed by atoms with Gasteiger partial charge in [-0.15, -0.1) is 0 Å². The number of nitrogens with zero attached hydrogens (tertiary/aromatic N) is 3. The predicted octanol–water partition coefficient (Wildman–Crippen LogP) is 5.44. The van der Waals surface area contributed by atoms with Gasteiger partial charge in [-0.2, -0.15) is 13.2 Å². The molecule has 0 saturated heterocycles. The van der Waals surface area contributed by atoms with E-state index in [0.717, 1.165) is 12.1 Å². The first-order valence-electron chi connectivity index (χ1n) is 8.47. The maximum absolute atomic E-state index is 13.2. The number of aromatic nitrogens is 4. The van der Waals surface area contributed by atoms with Crippen molar-refractivity contribution in [3.63, 3.8) is 0 Å². The van der Waals surface area contributed by atoms with E-state index in [-0.39, 0.29) is 17.5 Å². The number of alkyl halides is 3. The Hall–Kier alpha value is -3.75. The zero-order valence-electron chi connectivity index (χ0n) is 14.7. The van der Waals surface area contributed by atoms with Gasteiger partial charge >= 0.3 is 6.18 Å². The van der Waals surface area contributed by atoms with Gasteiger partial charge in [-0.3, -0.25) is 0 Å². The molecule has 2 N–H and O–H groups in total. The number of aromatic amines is 1. The number of halogens is 4. The van der Waals surface area contributed by atoms with Crippen LogP contribution in [0.4, 0.5) is 29.2 Å². The van der Waals surface area contributed by atoms with Crippen molar-refractivity contribution < 1.29 is 17.6 Å². The van der Waals surface area contributed by atoms with Crippen LogP contribution in [-0.2, 0) is 6.18 Å². The Morgan fingerprint density at radius 2 is 1.72 bits per heavy atom. The lowest BCUT2D eigenvalue weighted by atomic mass is 10.1. The van der Waals surface area contributed by atoms with Gasteiger partial charge in [0.25, 0.3) is 0 Å². The standard InChI is InChI=1S/C20H13F4N5/c21-14-6-4-12(5-7-14)17-18(27-11-26-17)16-8-9-25-19(29-16)28-15-3-1-2-13(10-15)20(22,23)24/h1-11H,(H,26,27)(H,25,28,29). The zero-order chi connectivity index (χ0) is 20.4. The van der Waals surface area contributed by atoms with Crippen molar-refractivity contribution in [2.75, 3.05) is 5.32 Å². The quantitative estimate of drug-likeness (QED) is 0.449. The van der Waals surface area contributed by atoms with Gasteiger partial charge < -0.3 is 10.3 Å². The topological polar surface area (TPSA) is 66.5 Å². The van der Waals surface area contributed by atoms with Gasteiger partial charge in [0.2, 0.25) is 5.95 Å². The number of benzene rings is 2. The molecule has 0 aliphatic heterocycles. The van der Waals surface area contributed by atoms with Gasteiger partial charge in [-0.05, 0) is 48.5 Å². The molecule has 0 unspecified atom stereocenters. The Labute approximate surface area is 162 Å². The summed E-state index contributed by atoms with van der Waals surface area (Å²) in [6.07, 6.45) is -1.48. The van der Waals surface area contributed by atoms with Crippen LogP contribution in [0, 0.1) is 5.82 Å². The van der Waals surface area contributed by atoms with E-state index < -0.39 is 11.7 Å². The minimum absolute atomic E-state index is 0.126. The van der Waals surface area contributed by atoms with Crippen molar-refractivity contribution >= 4 is 11.6 Å². The van der Waals surface area contributed by atoms with E-state index in [1.54, 1.807) is 18.2 Å². The molecule has 5 nitrogen and oxygen atoms in total. The SMILES string of the molecule is Fc1ccc(-c2nc[nH]c2-c2ccnc(Nc3cccc(C(F)(F)F)c3)n2)cc1. The Bertz CT molecular complexity index is 1140. The van der Waals surface area contributed by atoms with Gasteiger partial charge in [0.1, 0.15) is 5.82 Å². The monoisotopic (exact) mass is 399 g/mol.